The molecule has 0 amide bonds. The van der Waals surface area contributed by atoms with Crippen LogP contribution in [0.1, 0.15) is 40.7 Å². The first-order valence-electron chi connectivity index (χ1n) is 9.76. The van der Waals surface area contributed by atoms with Crippen molar-refractivity contribution in [3.63, 3.8) is 0 Å². The normalized spacial score (nSPS) is 18.5. The quantitative estimate of drug-likeness (QED) is 0.336. The van der Waals surface area contributed by atoms with Crippen molar-refractivity contribution in [3.8, 4) is 0 Å². The molecule has 0 saturated carbocycles. The van der Waals surface area contributed by atoms with Crippen LogP contribution < -0.4 is 0 Å². The fourth-order valence-electron chi connectivity index (χ4n) is 3.73. The van der Waals surface area contributed by atoms with Gasteiger partial charge in [0.2, 0.25) is 0 Å². The molecule has 1 aliphatic rings. The van der Waals surface area contributed by atoms with Crippen LogP contribution in [-0.4, -0.2) is 46.4 Å². The Kier molecular flexibility index (Phi) is 8.69. The highest BCUT2D eigenvalue weighted by atomic mass is 35.5. The van der Waals surface area contributed by atoms with E-state index in [4.69, 9.17) is 11.6 Å². The maximum Gasteiger partial charge on any atom is 0.417 e. The van der Waals surface area contributed by atoms with E-state index in [1.165, 1.54) is 23.1 Å². The number of piperidine rings is 1. The van der Waals surface area contributed by atoms with Crippen LogP contribution in [0, 0.1) is 0 Å². The molecule has 2 aromatic carbocycles. The van der Waals surface area contributed by atoms with Gasteiger partial charge in [0, 0.05) is 25.1 Å². The van der Waals surface area contributed by atoms with E-state index in [0.717, 1.165) is 12.1 Å². The summed E-state index contributed by atoms with van der Waals surface area (Å²) in [5, 5.41) is 20.5. The van der Waals surface area contributed by atoms with E-state index in [0.29, 0.717) is 0 Å². The van der Waals surface area contributed by atoms with E-state index < -0.39 is 47.0 Å². The Morgan fingerprint density at radius 1 is 1.12 bits per heavy atom. The number of benzene rings is 2. The molecular weight excluding hydrogens is 473 g/mol. The first kappa shape index (κ1) is 26.5. The smallest absolute Gasteiger partial charge is 0.385 e. The molecule has 32 heavy (non-hydrogen) atoms. The number of rotatable bonds is 6. The second kappa shape index (κ2) is 10.5. The predicted octanol–water partition coefficient (Wildman–Crippen LogP) is 4.99. The van der Waals surface area contributed by atoms with Gasteiger partial charge in [0.25, 0.3) is 0 Å². The van der Waals surface area contributed by atoms with E-state index in [2.05, 4.69) is 0 Å². The third-order valence-corrected chi connectivity index (χ3v) is 5.94. The molecule has 3 rings (SSSR count). The van der Waals surface area contributed by atoms with Gasteiger partial charge in [0.15, 0.2) is 12.1 Å². The number of nitrogens with zero attached hydrogens (tertiary/aromatic N) is 1. The molecule has 4 nitrogen and oxygen atoms in total. The van der Waals surface area contributed by atoms with Gasteiger partial charge in [-0.05, 0) is 30.5 Å². The van der Waals surface area contributed by atoms with E-state index >= 15 is 0 Å². The molecule has 0 aromatic heterocycles. The Labute approximate surface area is 194 Å². The third-order valence-electron chi connectivity index (χ3n) is 5.61. The zero-order chi connectivity index (χ0) is 22.8. The molecule has 0 spiro atoms. The van der Waals surface area contributed by atoms with Crippen molar-refractivity contribution >= 4 is 29.8 Å². The second-order valence-electron chi connectivity index (χ2n) is 7.68. The number of Topliss-reactive ketones (excluding diaryl/α,β-unsaturated/α-hetero) is 1. The zero-order valence-electron chi connectivity index (χ0n) is 16.9. The Balaban J connectivity index is 0.00000363. The highest BCUT2D eigenvalue weighted by molar-refractivity contribution is 6.31. The first-order valence-corrected chi connectivity index (χ1v) is 10.1. The number of ketones is 1. The van der Waals surface area contributed by atoms with Crippen molar-refractivity contribution in [1.82, 2.24) is 4.90 Å². The van der Waals surface area contributed by atoms with Crippen molar-refractivity contribution < 1.29 is 32.6 Å². The molecule has 0 aliphatic carbocycles. The van der Waals surface area contributed by atoms with E-state index in [9.17, 15) is 32.6 Å². The summed E-state index contributed by atoms with van der Waals surface area (Å²) < 4.78 is 54.1. The number of aliphatic hydroxyl groups is 2. The number of hydrogen-bond donors (Lipinski definition) is 2. The molecule has 176 valence electrons. The van der Waals surface area contributed by atoms with Gasteiger partial charge >= 0.3 is 6.18 Å². The monoisotopic (exact) mass is 495 g/mol. The molecule has 2 aromatic rings. The molecule has 1 fully saturated rings. The molecule has 2 atom stereocenters. The number of hydrogen-bond acceptors (Lipinski definition) is 4. The lowest BCUT2D eigenvalue weighted by molar-refractivity contribution is -0.137. The van der Waals surface area contributed by atoms with Gasteiger partial charge in [-0.1, -0.05) is 48.0 Å². The second-order valence-corrected chi connectivity index (χ2v) is 8.08. The number of halogens is 6. The Morgan fingerprint density at radius 3 is 2.28 bits per heavy atom. The molecule has 0 radical (unpaired) electrons. The molecule has 0 bridgehead atoms. The lowest BCUT2D eigenvalue weighted by atomic mass is 9.83. The lowest BCUT2D eigenvalue weighted by Gasteiger charge is -2.40. The minimum atomic E-state index is -4.66. The summed E-state index contributed by atoms with van der Waals surface area (Å²) in [6.45, 7) is 0.0990. The summed E-state index contributed by atoms with van der Waals surface area (Å²) in [6, 6.07) is 11.3. The van der Waals surface area contributed by atoms with Crippen molar-refractivity contribution in [3.05, 3.63) is 70.2 Å². The summed E-state index contributed by atoms with van der Waals surface area (Å²) in [6.07, 6.45) is -8.27. The van der Waals surface area contributed by atoms with Crippen LogP contribution >= 0.6 is 24.0 Å². The van der Waals surface area contributed by atoms with Crippen molar-refractivity contribution in [2.45, 2.75) is 43.4 Å². The van der Waals surface area contributed by atoms with Gasteiger partial charge in [0.05, 0.1) is 16.2 Å². The fourth-order valence-corrected chi connectivity index (χ4v) is 3.95. The van der Waals surface area contributed by atoms with Gasteiger partial charge in [-0.3, -0.25) is 9.69 Å². The molecule has 10 heteroatoms. The topological polar surface area (TPSA) is 60.8 Å². The van der Waals surface area contributed by atoms with Crippen LogP contribution in [0.3, 0.4) is 0 Å². The minimum Gasteiger partial charge on any atom is -0.385 e. The molecule has 2 N–H and O–H groups in total. The summed E-state index contributed by atoms with van der Waals surface area (Å²) in [5.74, 6) is -0.586. The van der Waals surface area contributed by atoms with Crippen LogP contribution in [-0.2, 0) is 11.8 Å². The zero-order valence-corrected chi connectivity index (χ0v) is 18.4. The Morgan fingerprint density at radius 2 is 1.72 bits per heavy atom. The molecule has 1 heterocycles. The summed E-state index contributed by atoms with van der Waals surface area (Å²) in [5.41, 5.74) is -2.25. The summed E-state index contributed by atoms with van der Waals surface area (Å²) in [4.78, 5) is 13.6. The average molecular weight is 496 g/mol. The van der Waals surface area contributed by atoms with Crippen LogP contribution in [0.5, 0.6) is 0 Å². The summed E-state index contributed by atoms with van der Waals surface area (Å²) >= 11 is 5.64. The lowest BCUT2D eigenvalue weighted by Crippen LogP contribution is -2.47. The highest BCUT2D eigenvalue weighted by Gasteiger charge is 2.40. The standard InChI is InChI=1S/C22H22ClF4NO3.ClH/c23-17-7-6-15(12-16(17)22(25,26)27)21(31)8-10-28(11-9-21)19(24)13-18(29)20(30)14-4-2-1-3-5-14;/h1-7,12,18-19,29,31H,8-11,13H2;1H. The SMILES string of the molecule is Cl.O=C(c1ccccc1)C(O)CC(F)N1CCC(O)(c2ccc(Cl)c(C(F)(F)F)c2)CC1. The maximum absolute atomic E-state index is 14.7. The van der Waals surface area contributed by atoms with E-state index in [-0.39, 0.29) is 49.5 Å². The number of likely N-dealkylation sites (tertiary alicyclic amines) is 1. The number of carbonyl (C=O) groups is 1. The largest absolute Gasteiger partial charge is 0.417 e. The van der Waals surface area contributed by atoms with Gasteiger partial charge in [-0.15, -0.1) is 12.4 Å². The third kappa shape index (κ3) is 5.99. The van der Waals surface area contributed by atoms with Gasteiger partial charge in [-0.2, -0.15) is 13.2 Å². The Hall–Kier alpha value is -1.71. The number of carbonyl (C=O) groups excluding carboxylic acids is 1. The average Bonchev–Trinajstić information content (AvgIpc) is 2.73. The highest BCUT2D eigenvalue weighted by Crippen LogP contribution is 2.40. The van der Waals surface area contributed by atoms with Crippen molar-refractivity contribution in [2.24, 2.45) is 0 Å². The maximum atomic E-state index is 14.7. The van der Waals surface area contributed by atoms with Gasteiger partial charge < -0.3 is 10.2 Å². The number of aliphatic hydroxyl groups excluding tert-OH is 1. The van der Waals surface area contributed by atoms with E-state index in [1.54, 1.807) is 18.2 Å². The van der Waals surface area contributed by atoms with E-state index in [1.807, 2.05) is 0 Å². The molecular formula is C22H23Cl2F4NO3. The van der Waals surface area contributed by atoms with Crippen molar-refractivity contribution in [2.75, 3.05) is 13.1 Å². The molecule has 1 aliphatic heterocycles. The minimum absolute atomic E-state index is 0. The Bertz CT molecular complexity index is 919. The number of alkyl halides is 4. The predicted molar refractivity (Wildman–Crippen MR) is 115 cm³/mol. The molecule has 2 unspecified atom stereocenters. The first-order chi connectivity index (χ1) is 14.5. The van der Waals surface area contributed by atoms with Crippen molar-refractivity contribution in [1.29, 1.82) is 0 Å². The van der Waals surface area contributed by atoms with Crippen LogP contribution in [0.15, 0.2) is 48.5 Å². The fraction of sp³-hybridized carbons (Fsp3) is 0.409. The molecule has 1 saturated heterocycles. The van der Waals surface area contributed by atoms with Crippen LogP contribution in [0.2, 0.25) is 5.02 Å². The van der Waals surface area contributed by atoms with Gasteiger partial charge in [-0.25, -0.2) is 4.39 Å². The summed E-state index contributed by atoms with van der Waals surface area (Å²) in [7, 11) is 0. The van der Waals surface area contributed by atoms with Gasteiger partial charge in [0.1, 0.15) is 6.10 Å². The van der Waals surface area contributed by atoms with Crippen LogP contribution in [0.25, 0.3) is 0 Å². The van der Waals surface area contributed by atoms with Crippen LogP contribution in [0.4, 0.5) is 17.6 Å².